The van der Waals surface area contributed by atoms with E-state index in [1.54, 1.807) is 0 Å². The Kier molecular flexibility index (Phi) is 12.6. The van der Waals surface area contributed by atoms with E-state index in [0.29, 0.717) is 0 Å². The molecule has 0 fully saturated rings. The molecule has 0 bridgehead atoms. The molecule has 0 radical (unpaired) electrons. The average Bonchev–Trinajstić information content (AvgIpc) is 2.97. The second-order valence-corrected chi connectivity index (χ2v) is 21.9. The van der Waals surface area contributed by atoms with Gasteiger partial charge in [0.1, 0.15) is 11.6 Å². The smallest absolute Gasteiger partial charge is 0.408 e. The molecule has 6 heteroatoms. The van der Waals surface area contributed by atoms with E-state index in [1.807, 2.05) is 41.5 Å². The molecule has 3 aromatic carbocycles. The lowest BCUT2D eigenvalue weighted by Crippen LogP contribution is -2.57. The van der Waals surface area contributed by atoms with Crippen LogP contribution in [0.15, 0.2) is 78.9 Å². The molecule has 1 unspecified atom stereocenters. The Balaban J connectivity index is 2.21. The summed E-state index contributed by atoms with van der Waals surface area (Å²) in [4.78, 5) is 27.2. The number of ether oxygens (including phenoxy) is 1. The third kappa shape index (κ3) is 11.2. The van der Waals surface area contributed by atoms with Crippen LogP contribution in [0.5, 0.6) is 0 Å². The van der Waals surface area contributed by atoms with Gasteiger partial charge in [-0.1, -0.05) is 131 Å². The maximum atomic E-state index is 14.3. The van der Waals surface area contributed by atoms with Crippen molar-refractivity contribution in [2.45, 2.75) is 132 Å². The Labute approximate surface area is 298 Å². The van der Waals surface area contributed by atoms with Crippen molar-refractivity contribution in [1.82, 2.24) is 10.6 Å². The number of benzene rings is 3. The van der Waals surface area contributed by atoms with Gasteiger partial charge >= 0.3 is 6.09 Å². The molecule has 0 spiro atoms. The lowest BCUT2D eigenvalue weighted by atomic mass is 9.80. The van der Waals surface area contributed by atoms with Crippen molar-refractivity contribution < 1.29 is 14.3 Å². The van der Waals surface area contributed by atoms with Gasteiger partial charge in [0.05, 0.1) is 36.2 Å². The van der Waals surface area contributed by atoms with Crippen molar-refractivity contribution in [3.8, 4) is 0 Å². The van der Waals surface area contributed by atoms with Gasteiger partial charge in [0, 0.05) is 0 Å². The highest BCUT2D eigenvalue weighted by atomic mass is 31.2. The predicted molar refractivity (Wildman–Crippen MR) is 211 cm³/mol. The molecule has 5 nitrogen and oxygen atoms in total. The zero-order valence-electron chi connectivity index (χ0n) is 32.8. The molecule has 0 aliphatic rings. The van der Waals surface area contributed by atoms with Gasteiger partial charge < -0.3 is 15.4 Å². The van der Waals surface area contributed by atoms with Gasteiger partial charge in [-0.05, 0) is 83.9 Å². The highest BCUT2D eigenvalue weighted by Crippen LogP contribution is 2.60. The van der Waals surface area contributed by atoms with Crippen molar-refractivity contribution in [2.75, 3.05) is 6.16 Å². The fraction of sp³-hybridized carbons (Fsp3) is 0.535. The minimum Gasteiger partial charge on any atom is -0.444 e. The SMILES string of the molecule is CC(C)[C@@H](C[P+](Cc1cc(C(C)(C)C)cc(C(C)(C)C)c1)(c1ccccc1)c1ccccc1)NC(=O)C(NC(=O)OC(C)(C)C)C(C)(C)C. The first kappa shape index (κ1) is 40.3. The monoisotopic (exact) mass is 687 g/mol. The highest BCUT2D eigenvalue weighted by Gasteiger charge is 2.47. The number of alkyl carbamates (subject to hydrolysis) is 1. The molecule has 3 aromatic rings. The van der Waals surface area contributed by atoms with E-state index in [1.165, 1.54) is 27.3 Å². The van der Waals surface area contributed by atoms with Crippen LogP contribution in [0, 0.1) is 11.3 Å². The summed E-state index contributed by atoms with van der Waals surface area (Å²) in [6, 6.07) is 28.1. The Bertz CT molecular complexity index is 1470. The van der Waals surface area contributed by atoms with Crippen LogP contribution >= 0.6 is 7.26 Å². The van der Waals surface area contributed by atoms with Crippen LogP contribution in [-0.2, 0) is 26.5 Å². The Morgan fingerprint density at radius 1 is 0.673 bits per heavy atom. The number of rotatable bonds is 10. The summed E-state index contributed by atoms with van der Waals surface area (Å²) in [6.07, 6.45) is 1.05. The summed E-state index contributed by atoms with van der Waals surface area (Å²) in [5.74, 6) is -0.0510. The third-order valence-electron chi connectivity index (χ3n) is 9.11. The van der Waals surface area contributed by atoms with Gasteiger partial charge in [-0.15, -0.1) is 0 Å². The molecule has 0 aromatic heterocycles. The Morgan fingerprint density at radius 2 is 1.12 bits per heavy atom. The summed E-state index contributed by atoms with van der Waals surface area (Å²) in [7, 11) is -2.19. The zero-order chi connectivity index (χ0) is 37.0. The van der Waals surface area contributed by atoms with Crippen LogP contribution in [0.4, 0.5) is 4.79 Å². The van der Waals surface area contributed by atoms with Crippen molar-refractivity contribution in [3.63, 3.8) is 0 Å². The zero-order valence-corrected chi connectivity index (χ0v) is 33.7. The molecular formula is C43H64N2O3P+. The van der Waals surface area contributed by atoms with Crippen LogP contribution in [0.25, 0.3) is 0 Å². The molecule has 0 saturated carbocycles. The molecule has 3 rings (SSSR count). The lowest BCUT2D eigenvalue weighted by molar-refractivity contribution is -0.126. The Morgan fingerprint density at radius 3 is 1.49 bits per heavy atom. The standard InChI is InChI=1S/C43H63N2O3P/c1-30(2)36(44-38(46)37(42(9,10)11)45-39(47)48-43(12,13)14)29-49(34-21-17-15-18-22-34,35-23-19-16-20-24-35)28-31-25-32(40(3,4)5)27-33(26-31)41(6,7)8/h15-27,30,36-37H,28-29H2,1-14H3,(H-,44,45,46,47)/p+1/t36-,37?/m1/s1. The van der Waals surface area contributed by atoms with Gasteiger partial charge in [-0.25, -0.2) is 4.79 Å². The van der Waals surface area contributed by atoms with Crippen molar-refractivity contribution in [3.05, 3.63) is 95.6 Å². The molecule has 0 heterocycles. The van der Waals surface area contributed by atoms with E-state index in [2.05, 4.69) is 145 Å². The molecule has 0 aliphatic carbocycles. The molecule has 2 amide bonds. The molecule has 2 N–H and O–H groups in total. The number of carbonyl (C=O) groups is 2. The summed E-state index contributed by atoms with van der Waals surface area (Å²) in [5, 5.41) is 9.00. The largest absolute Gasteiger partial charge is 0.444 e. The van der Waals surface area contributed by atoms with E-state index in [-0.39, 0.29) is 28.7 Å². The number of carbonyl (C=O) groups excluding carboxylic acids is 2. The first-order chi connectivity index (χ1) is 22.4. The number of nitrogens with one attached hydrogen (secondary N) is 2. The minimum atomic E-state index is -2.19. The average molecular weight is 688 g/mol. The van der Waals surface area contributed by atoms with Gasteiger partial charge in [-0.2, -0.15) is 0 Å². The predicted octanol–water partition coefficient (Wildman–Crippen LogP) is 9.53. The summed E-state index contributed by atoms with van der Waals surface area (Å²) < 4.78 is 5.57. The lowest BCUT2D eigenvalue weighted by Gasteiger charge is -2.36. The fourth-order valence-electron chi connectivity index (χ4n) is 6.12. The van der Waals surface area contributed by atoms with Crippen LogP contribution in [0.2, 0.25) is 0 Å². The van der Waals surface area contributed by atoms with E-state index >= 15 is 0 Å². The summed E-state index contributed by atoms with van der Waals surface area (Å²) >= 11 is 0. The summed E-state index contributed by atoms with van der Waals surface area (Å²) in [6.45, 7) is 29.5. The fourth-order valence-corrected chi connectivity index (χ4v) is 10.8. The van der Waals surface area contributed by atoms with Crippen LogP contribution < -0.4 is 21.2 Å². The second kappa shape index (κ2) is 15.4. The second-order valence-electron chi connectivity index (χ2n) is 18.2. The van der Waals surface area contributed by atoms with E-state index < -0.39 is 30.4 Å². The van der Waals surface area contributed by atoms with Crippen LogP contribution in [0.1, 0.15) is 114 Å². The van der Waals surface area contributed by atoms with E-state index in [9.17, 15) is 9.59 Å². The normalized spacial score (nSPS) is 14.3. The van der Waals surface area contributed by atoms with E-state index in [4.69, 9.17) is 4.74 Å². The molecule has 2 atom stereocenters. The summed E-state index contributed by atoms with van der Waals surface area (Å²) in [5.41, 5.74) is 2.78. The number of hydrogen-bond acceptors (Lipinski definition) is 3. The maximum Gasteiger partial charge on any atom is 0.408 e. The van der Waals surface area contributed by atoms with Crippen LogP contribution in [-0.4, -0.2) is 35.8 Å². The van der Waals surface area contributed by atoms with E-state index in [0.717, 1.165) is 12.3 Å². The minimum absolute atomic E-state index is 0.00580. The van der Waals surface area contributed by atoms with Gasteiger partial charge in [0.2, 0.25) is 5.91 Å². The quantitative estimate of drug-likeness (QED) is 0.209. The van der Waals surface area contributed by atoms with Gasteiger partial charge in [0.25, 0.3) is 0 Å². The molecular weight excluding hydrogens is 623 g/mol. The first-order valence-electron chi connectivity index (χ1n) is 17.9. The molecule has 268 valence electrons. The molecule has 0 aliphatic heterocycles. The molecule has 49 heavy (non-hydrogen) atoms. The Hall–Kier alpha value is -3.17. The first-order valence-corrected chi connectivity index (χ1v) is 20.0. The topological polar surface area (TPSA) is 67.4 Å². The van der Waals surface area contributed by atoms with Crippen LogP contribution in [0.3, 0.4) is 0 Å². The molecule has 0 saturated heterocycles. The van der Waals surface area contributed by atoms with Crippen molar-refractivity contribution >= 4 is 29.9 Å². The maximum absolute atomic E-state index is 14.3. The highest BCUT2D eigenvalue weighted by molar-refractivity contribution is 7.88. The van der Waals surface area contributed by atoms with Gasteiger partial charge in [-0.3, -0.25) is 4.79 Å². The van der Waals surface area contributed by atoms with Crippen molar-refractivity contribution in [2.24, 2.45) is 11.3 Å². The van der Waals surface area contributed by atoms with Gasteiger partial charge in [0.15, 0.2) is 0 Å². The number of hydrogen-bond donors (Lipinski definition) is 2. The van der Waals surface area contributed by atoms with Crippen molar-refractivity contribution in [1.29, 1.82) is 0 Å². The third-order valence-corrected chi connectivity index (χ3v) is 13.6. The number of amides is 2.